The van der Waals surface area contributed by atoms with Crippen molar-refractivity contribution in [3.8, 4) is 17.6 Å². The first-order valence-electron chi connectivity index (χ1n) is 8.17. The summed E-state index contributed by atoms with van der Waals surface area (Å²) in [5.41, 5.74) is 0.729. The molecule has 1 amide bonds. The lowest BCUT2D eigenvalue weighted by molar-refractivity contribution is -0.127. The molecule has 5 nitrogen and oxygen atoms in total. The van der Waals surface area contributed by atoms with Crippen molar-refractivity contribution in [1.29, 1.82) is 0 Å². The maximum Gasteiger partial charge on any atom is 0.261 e. The SMILES string of the molecule is C=C(OCC)c1cncc(OC(CC)C(=O)NCC#CC(C)C)c1. The average molecular weight is 330 g/mol. The fraction of sp³-hybridized carbons (Fsp3) is 0.474. The minimum atomic E-state index is -0.594. The van der Waals surface area contributed by atoms with Gasteiger partial charge in [0, 0.05) is 17.7 Å². The molecule has 0 fully saturated rings. The fourth-order valence-electron chi connectivity index (χ4n) is 1.88. The number of carbonyl (C=O) groups is 1. The van der Waals surface area contributed by atoms with Crippen molar-refractivity contribution in [2.24, 2.45) is 5.92 Å². The third-order valence-corrected chi connectivity index (χ3v) is 3.04. The number of hydrogen-bond acceptors (Lipinski definition) is 4. The topological polar surface area (TPSA) is 60.5 Å². The minimum Gasteiger partial charge on any atom is -0.494 e. The van der Waals surface area contributed by atoms with Gasteiger partial charge in [-0.2, -0.15) is 0 Å². The van der Waals surface area contributed by atoms with Crippen LogP contribution in [0.2, 0.25) is 0 Å². The molecule has 1 unspecified atom stereocenters. The lowest BCUT2D eigenvalue weighted by atomic mass is 10.2. The number of aromatic nitrogens is 1. The molecule has 0 aliphatic heterocycles. The van der Waals surface area contributed by atoms with Crippen LogP contribution in [0.15, 0.2) is 25.0 Å². The van der Waals surface area contributed by atoms with Crippen molar-refractivity contribution in [2.45, 2.75) is 40.2 Å². The molecule has 0 radical (unpaired) electrons. The van der Waals surface area contributed by atoms with Crippen LogP contribution in [0, 0.1) is 17.8 Å². The molecule has 0 spiro atoms. The molecule has 1 N–H and O–H groups in total. The van der Waals surface area contributed by atoms with Gasteiger partial charge in [0.2, 0.25) is 0 Å². The van der Waals surface area contributed by atoms with E-state index in [1.165, 1.54) is 0 Å². The summed E-state index contributed by atoms with van der Waals surface area (Å²) in [6, 6.07) is 1.76. The second-order valence-corrected chi connectivity index (χ2v) is 5.47. The summed E-state index contributed by atoms with van der Waals surface area (Å²) in [5, 5.41) is 2.77. The Kier molecular flexibility index (Phi) is 8.42. The summed E-state index contributed by atoms with van der Waals surface area (Å²) in [5.74, 6) is 7.04. The Morgan fingerprint density at radius 2 is 2.12 bits per heavy atom. The molecule has 1 aromatic heterocycles. The van der Waals surface area contributed by atoms with Gasteiger partial charge in [-0.1, -0.05) is 39.2 Å². The Morgan fingerprint density at radius 1 is 1.38 bits per heavy atom. The van der Waals surface area contributed by atoms with E-state index in [1.54, 1.807) is 18.5 Å². The first-order chi connectivity index (χ1) is 11.5. The Morgan fingerprint density at radius 3 is 2.75 bits per heavy atom. The Bertz CT molecular complexity index is 615. The molecule has 0 aromatic carbocycles. The molecule has 1 atom stereocenters. The lowest BCUT2D eigenvalue weighted by Gasteiger charge is -2.17. The molecule has 130 valence electrons. The normalized spacial score (nSPS) is 11.2. The minimum absolute atomic E-state index is 0.190. The standard InChI is InChI=1S/C19H26N2O3/c1-6-18(19(22)21-10-8-9-14(3)4)24-17-11-16(12-20-13-17)15(5)23-7-2/h11-14,18H,5-7,10H2,1-4H3,(H,21,22). The molecule has 5 heteroatoms. The zero-order valence-electron chi connectivity index (χ0n) is 14.9. The van der Waals surface area contributed by atoms with Gasteiger partial charge in [-0.3, -0.25) is 9.78 Å². The van der Waals surface area contributed by atoms with Crippen LogP contribution in [0.5, 0.6) is 5.75 Å². The van der Waals surface area contributed by atoms with Gasteiger partial charge < -0.3 is 14.8 Å². The van der Waals surface area contributed by atoms with Gasteiger partial charge in [0.05, 0.1) is 19.3 Å². The van der Waals surface area contributed by atoms with Crippen molar-refractivity contribution in [3.05, 3.63) is 30.6 Å². The van der Waals surface area contributed by atoms with E-state index in [9.17, 15) is 4.79 Å². The quantitative estimate of drug-likeness (QED) is 0.588. The van der Waals surface area contributed by atoms with Crippen molar-refractivity contribution >= 4 is 11.7 Å². The molecule has 1 rings (SSSR count). The summed E-state index contributed by atoms with van der Waals surface area (Å²) in [6.07, 6.45) is 3.16. The molecule has 24 heavy (non-hydrogen) atoms. The van der Waals surface area contributed by atoms with Gasteiger partial charge in [-0.25, -0.2) is 0 Å². The van der Waals surface area contributed by atoms with E-state index >= 15 is 0 Å². The highest BCUT2D eigenvalue weighted by Gasteiger charge is 2.18. The van der Waals surface area contributed by atoms with Crippen LogP contribution in [0.3, 0.4) is 0 Å². The van der Waals surface area contributed by atoms with Crippen LogP contribution in [0.25, 0.3) is 5.76 Å². The van der Waals surface area contributed by atoms with Gasteiger partial charge in [0.15, 0.2) is 6.10 Å². The molecule has 1 aromatic rings. The third-order valence-electron chi connectivity index (χ3n) is 3.04. The monoisotopic (exact) mass is 330 g/mol. The van der Waals surface area contributed by atoms with Gasteiger partial charge >= 0.3 is 0 Å². The van der Waals surface area contributed by atoms with E-state index in [0.717, 1.165) is 5.56 Å². The average Bonchev–Trinajstić information content (AvgIpc) is 2.56. The molecule has 1 heterocycles. The van der Waals surface area contributed by atoms with Crippen molar-refractivity contribution in [3.63, 3.8) is 0 Å². The largest absolute Gasteiger partial charge is 0.494 e. The predicted octanol–water partition coefficient (Wildman–Crippen LogP) is 3.02. The van der Waals surface area contributed by atoms with Crippen LogP contribution in [-0.4, -0.2) is 30.1 Å². The highest BCUT2D eigenvalue weighted by atomic mass is 16.5. The summed E-state index contributed by atoms with van der Waals surface area (Å²) < 4.78 is 11.1. The van der Waals surface area contributed by atoms with E-state index in [1.807, 2.05) is 27.7 Å². The maximum absolute atomic E-state index is 12.2. The van der Waals surface area contributed by atoms with Crippen molar-refractivity contribution < 1.29 is 14.3 Å². The van der Waals surface area contributed by atoms with E-state index in [4.69, 9.17) is 9.47 Å². The fourth-order valence-corrected chi connectivity index (χ4v) is 1.88. The number of hydrogen-bond donors (Lipinski definition) is 1. The van der Waals surface area contributed by atoms with E-state index in [-0.39, 0.29) is 11.8 Å². The Labute approximate surface area is 144 Å². The second kappa shape index (κ2) is 10.3. The number of amides is 1. The maximum atomic E-state index is 12.2. The number of ether oxygens (including phenoxy) is 2. The summed E-state index contributed by atoms with van der Waals surface area (Å²) in [6.45, 7) is 12.5. The van der Waals surface area contributed by atoms with E-state index in [2.05, 4.69) is 28.7 Å². The van der Waals surface area contributed by atoms with Crippen LogP contribution >= 0.6 is 0 Å². The van der Waals surface area contributed by atoms with Crippen LogP contribution in [-0.2, 0) is 9.53 Å². The second-order valence-electron chi connectivity index (χ2n) is 5.47. The van der Waals surface area contributed by atoms with Crippen LogP contribution in [0.4, 0.5) is 0 Å². The van der Waals surface area contributed by atoms with Gasteiger partial charge in [-0.05, 0) is 19.4 Å². The summed E-state index contributed by atoms with van der Waals surface area (Å²) in [4.78, 5) is 16.3. The Hall–Kier alpha value is -2.48. The van der Waals surface area contributed by atoms with E-state index in [0.29, 0.717) is 31.1 Å². The molecule has 0 aliphatic rings. The van der Waals surface area contributed by atoms with Gasteiger partial charge in [0.25, 0.3) is 5.91 Å². The zero-order chi connectivity index (χ0) is 17.9. The van der Waals surface area contributed by atoms with Crippen molar-refractivity contribution in [2.75, 3.05) is 13.2 Å². The van der Waals surface area contributed by atoms with Gasteiger partial charge in [-0.15, -0.1) is 0 Å². The number of pyridine rings is 1. The number of rotatable bonds is 8. The van der Waals surface area contributed by atoms with Crippen LogP contribution < -0.4 is 10.1 Å². The molecular formula is C19H26N2O3. The molecular weight excluding hydrogens is 304 g/mol. The van der Waals surface area contributed by atoms with Crippen LogP contribution in [0.1, 0.15) is 39.7 Å². The Balaban J connectivity index is 2.68. The molecule has 0 saturated heterocycles. The summed E-state index contributed by atoms with van der Waals surface area (Å²) in [7, 11) is 0. The first kappa shape index (κ1) is 19.6. The van der Waals surface area contributed by atoms with E-state index < -0.39 is 6.10 Å². The first-order valence-corrected chi connectivity index (χ1v) is 8.17. The zero-order valence-corrected chi connectivity index (χ0v) is 14.9. The lowest BCUT2D eigenvalue weighted by Crippen LogP contribution is -2.38. The molecule has 0 aliphatic carbocycles. The number of carbonyl (C=O) groups excluding carboxylic acids is 1. The predicted molar refractivity (Wildman–Crippen MR) is 95.2 cm³/mol. The highest BCUT2D eigenvalue weighted by Crippen LogP contribution is 2.19. The number of nitrogens with zero attached hydrogens (tertiary/aromatic N) is 1. The van der Waals surface area contributed by atoms with Gasteiger partial charge in [0.1, 0.15) is 11.5 Å². The highest BCUT2D eigenvalue weighted by molar-refractivity contribution is 5.81. The smallest absolute Gasteiger partial charge is 0.261 e. The van der Waals surface area contributed by atoms with Crippen molar-refractivity contribution in [1.82, 2.24) is 10.3 Å². The molecule has 0 bridgehead atoms. The molecule has 0 saturated carbocycles. The third kappa shape index (κ3) is 6.74. The number of nitrogens with one attached hydrogen (secondary N) is 1. The summed E-state index contributed by atoms with van der Waals surface area (Å²) >= 11 is 0.